The summed E-state index contributed by atoms with van der Waals surface area (Å²) in [6, 6.07) is 7.96. The number of carbonyl (C=O) groups excluding carboxylic acids is 1. The molecular formula is C15H13F3N2OS. The molecule has 0 aliphatic carbocycles. The van der Waals surface area contributed by atoms with Crippen LogP contribution in [-0.2, 0) is 6.18 Å². The number of amides is 1. The lowest BCUT2D eigenvalue weighted by molar-refractivity contribution is -0.137. The number of hydrogen-bond acceptors (Lipinski definition) is 3. The van der Waals surface area contributed by atoms with E-state index in [-0.39, 0.29) is 11.6 Å². The molecule has 0 fully saturated rings. The number of thiol groups is 1. The van der Waals surface area contributed by atoms with E-state index in [0.717, 1.165) is 12.1 Å². The monoisotopic (exact) mass is 326 g/mol. The van der Waals surface area contributed by atoms with E-state index in [9.17, 15) is 18.0 Å². The van der Waals surface area contributed by atoms with Crippen LogP contribution in [0.3, 0.4) is 0 Å². The number of benzene rings is 1. The van der Waals surface area contributed by atoms with E-state index in [4.69, 9.17) is 0 Å². The van der Waals surface area contributed by atoms with Gasteiger partial charge in [0.05, 0.1) is 5.56 Å². The number of carbonyl (C=O) groups is 1. The lowest BCUT2D eigenvalue weighted by Gasteiger charge is -2.09. The second kappa shape index (κ2) is 6.83. The largest absolute Gasteiger partial charge is 0.416 e. The van der Waals surface area contributed by atoms with Gasteiger partial charge < -0.3 is 5.32 Å². The molecule has 2 aromatic rings. The van der Waals surface area contributed by atoms with E-state index in [2.05, 4.69) is 22.9 Å². The zero-order valence-corrected chi connectivity index (χ0v) is 12.3. The van der Waals surface area contributed by atoms with Crippen molar-refractivity contribution in [3.63, 3.8) is 0 Å². The number of hydrogen-bond donors (Lipinski definition) is 2. The van der Waals surface area contributed by atoms with Crippen LogP contribution in [0.2, 0.25) is 0 Å². The molecule has 1 amide bonds. The summed E-state index contributed by atoms with van der Waals surface area (Å²) in [7, 11) is 0. The summed E-state index contributed by atoms with van der Waals surface area (Å²) in [6.45, 7) is 0.386. The summed E-state index contributed by atoms with van der Waals surface area (Å²) in [5, 5.41) is 2.61. The molecule has 22 heavy (non-hydrogen) atoms. The van der Waals surface area contributed by atoms with Crippen molar-refractivity contribution in [2.24, 2.45) is 0 Å². The molecule has 3 nitrogen and oxygen atoms in total. The van der Waals surface area contributed by atoms with Crippen molar-refractivity contribution in [1.29, 1.82) is 0 Å². The first-order valence-electron chi connectivity index (χ1n) is 6.44. The Morgan fingerprint density at radius 2 is 1.91 bits per heavy atom. The molecule has 0 bridgehead atoms. The first kappa shape index (κ1) is 16.4. The molecular weight excluding hydrogens is 313 g/mol. The normalized spacial score (nSPS) is 11.3. The van der Waals surface area contributed by atoms with Crippen LogP contribution in [-0.4, -0.2) is 23.2 Å². The van der Waals surface area contributed by atoms with E-state index in [1.165, 1.54) is 18.3 Å². The third-order valence-corrected chi connectivity index (χ3v) is 3.14. The summed E-state index contributed by atoms with van der Waals surface area (Å²) < 4.78 is 38.2. The van der Waals surface area contributed by atoms with E-state index >= 15 is 0 Å². The predicted molar refractivity (Wildman–Crippen MR) is 80.9 cm³/mol. The molecule has 0 spiro atoms. The van der Waals surface area contributed by atoms with E-state index in [1.54, 1.807) is 12.1 Å². The third-order valence-electron chi connectivity index (χ3n) is 2.91. The number of nitrogens with one attached hydrogen (secondary N) is 1. The summed E-state index contributed by atoms with van der Waals surface area (Å²) in [4.78, 5) is 15.8. The van der Waals surface area contributed by atoms with Crippen molar-refractivity contribution in [3.05, 3.63) is 53.9 Å². The van der Waals surface area contributed by atoms with Crippen LogP contribution in [0, 0.1) is 0 Å². The van der Waals surface area contributed by atoms with Gasteiger partial charge in [-0.05, 0) is 35.4 Å². The minimum Gasteiger partial charge on any atom is -0.350 e. The Hall–Kier alpha value is -2.02. The molecule has 1 N–H and O–H groups in total. The average Bonchev–Trinajstić information content (AvgIpc) is 2.52. The molecule has 0 aliphatic rings. The van der Waals surface area contributed by atoms with Gasteiger partial charge in [0.15, 0.2) is 0 Å². The minimum absolute atomic E-state index is 0.150. The zero-order chi connectivity index (χ0) is 16.2. The molecule has 1 heterocycles. The number of aromatic nitrogens is 1. The topological polar surface area (TPSA) is 42.0 Å². The van der Waals surface area contributed by atoms with Gasteiger partial charge in [0.1, 0.15) is 5.69 Å². The van der Waals surface area contributed by atoms with Crippen molar-refractivity contribution in [2.75, 3.05) is 12.3 Å². The van der Waals surface area contributed by atoms with Crippen molar-refractivity contribution < 1.29 is 18.0 Å². The van der Waals surface area contributed by atoms with Crippen LogP contribution >= 0.6 is 12.6 Å². The van der Waals surface area contributed by atoms with E-state index in [1.807, 2.05) is 0 Å². The van der Waals surface area contributed by atoms with Crippen molar-refractivity contribution >= 4 is 18.5 Å². The first-order chi connectivity index (χ1) is 10.4. The Kier molecular flexibility index (Phi) is 5.07. The Labute approximate surface area is 131 Å². The number of halogens is 3. The molecule has 0 unspecified atom stereocenters. The van der Waals surface area contributed by atoms with Gasteiger partial charge >= 0.3 is 6.18 Å². The maximum absolute atomic E-state index is 12.7. The predicted octanol–water partition coefficient (Wildman–Crippen LogP) is 3.43. The van der Waals surface area contributed by atoms with Gasteiger partial charge in [-0.3, -0.25) is 9.78 Å². The van der Waals surface area contributed by atoms with Crippen molar-refractivity contribution in [1.82, 2.24) is 10.3 Å². The molecule has 0 aliphatic heterocycles. The smallest absolute Gasteiger partial charge is 0.350 e. The van der Waals surface area contributed by atoms with Gasteiger partial charge in [-0.25, -0.2) is 0 Å². The number of rotatable bonds is 4. The molecule has 1 aromatic carbocycles. The summed E-state index contributed by atoms with van der Waals surface area (Å²) in [5.74, 6) is 0.0990. The molecule has 1 aromatic heterocycles. The maximum Gasteiger partial charge on any atom is 0.416 e. The molecule has 7 heteroatoms. The molecule has 116 valence electrons. The van der Waals surface area contributed by atoms with E-state index in [0.29, 0.717) is 23.4 Å². The molecule has 0 saturated carbocycles. The van der Waals surface area contributed by atoms with Gasteiger partial charge in [-0.2, -0.15) is 25.8 Å². The van der Waals surface area contributed by atoms with Crippen LogP contribution in [0.15, 0.2) is 42.6 Å². The highest BCUT2D eigenvalue weighted by molar-refractivity contribution is 7.80. The summed E-state index contributed by atoms with van der Waals surface area (Å²) in [6.07, 6.45) is -3.01. The number of alkyl halides is 3. The van der Waals surface area contributed by atoms with Gasteiger partial charge in [0, 0.05) is 18.5 Å². The van der Waals surface area contributed by atoms with Crippen LogP contribution in [0.25, 0.3) is 11.1 Å². The first-order valence-corrected chi connectivity index (χ1v) is 7.08. The highest BCUT2D eigenvalue weighted by Gasteiger charge is 2.30. The van der Waals surface area contributed by atoms with Crippen LogP contribution < -0.4 is 5.32 Å². The number of nitrogens with zero attached hydrogens (tertiary/aromatic N) is 1. The Morgan fingerprint density at radius 1 is 1.18 bits per heavy atom. The van der Waals surface area contributed by atoms with Gasteiger partial charge in [-0.1, -0.05) is 12.1 Å². The van der Waals surface area contributed by atoms with Crippen LogP contribution in [0.4, 0.5) is 13.2 Å². The zero-order valence-electron chi connectivity index (χ0n) is 11.4. The molecule has 0 saturated heterocycles. The lowest BCUT2D eigenvalue weighted by atomic mass is 10.0. The van der Waals surface area contributed by atoms with Crippen molar-refractivity contribution in [2.45, 2.75) is 6.18 Å². The fraction of sp³-hybridized carbons (Fsp3) is 0.200. The Balaban J connectivity index is 2.32. The molecule has 2 rings (SSSR count). The van der Waals surface area contributed by atoms with Gasteiger partial charge in [0.2, 0.25) is 0 Å². The Morgan fingerprint density at radius 3 is 2.59 bits per heavy atom. The van der Waals surface area contributed by atoms with Crippen LogP contribution in [0.1, 0.15) is 16.1 Å². The Bertz CT molecular complexity index is 674. The standard InChI is InChI=1S/C15H13F3N2OS/c16-15(17,18)12-3-1-2-10(8-12)11-4-5-19-13(9-11)14(21)20-6-7-22/h1-5,8-9,22H,6-7H2,(H,20,21). The van der Waals surface area contributed by atoms with Gasteiger partial charge in [0.25, 0.3) is 5.91 Å². The fourth-order valence-corrected chi connectivity index (χ4v) is 1.98. The molecule has 0 radical (unpaired) electrons. The van der Waals surface area contributed by atoms with Gasteiger partial charge in [-0.15, -0.1) is 0 Å². The maximum atomic E-state index is 12.7. The summed E-state index contributed by atoms with van der Waals surface area (Å²) >= 11 is 3.98. The quantitative estimate of drug-likeness (QED) is 0.845. The third kappa shape index (κ3) is 4.00. The highest BCUT2D eigenvalue weighted by Crippen LogP contribution is 2.32. The SMILES string of the molecule is O=C(NCCS)c1cc(-c2cccc(C(F)(F)F)c2)ccn1. The number of pyridine rings is 1. The second-order valence-corrected chi connectivity index (χ2v) is 4.94. The average molecular weight is 326 g/mol. The van der Waals surface area contributed by atoms with Crippen LogP contribution in [0.5, 0.6) is 0 Å². The lowest BCUT2D eigenvalue weighted by Crippen LogP contribution is -2.26. The van der Waals surface area contributed by atoms with E-state index < -0.39 is 11.7 Å². The molecule has 0 atom stereocenters. The fourth-order valence-electron chi connectivity index (χ4n) is 1.87. The summed E-state index contributed by atoms with van der Waals surface area (Å²) in [5.41, 5.74) is 0.289. The minimum atomic E-state index is -4.41. The highest BCUT2D eigenvalue weighted by atomic mass is 32.1. The van der Waals surface area contributed by atoms with Crippen molar-refractivity contribution in [3.8, 4) is 11.1 Å². The second-order valence-electron chi connectivity index (χ2n) is 4.49.